The normalized spacial score (nSPS) is 16.3. The summed E-state index contributed by atoms with van der Waals surface area (Å²) >= 11 is 1.48. The molecule has 1 aliphatic rings. The van der Waals surface area contributed by atoms with E-state index in [0.717, 1.165) is 12.1 Å². The lowest BCUT2D eigenvalue weighted by molar-refractivity contribution is 0.0749. The first kappa shape index (κ1) is 19.3. The van der Waals surface area contributed by atoms with Crippen molar-refractivity contribution < 1.29 is 27.8 Å². The van der Waals surface area contributed by atoms with Gasteiger partial charge >= 0.3 is 0 Å². The Morgan fingerprint density at radius 3 is 2.22 bits per heavy atom. The van der Waals surface area contributed by atoms with Crippen LogP contribution in [0.2, 0.25) is 0 Å². The van der Waals surface area contributed by atoms with Gasteiger partial charge in [-0.3, -0.25) is 4.79 Å². The maximum absolute atomic E-state index is 14.1. The van der Waals surface area contributed by atoms with Gasteiger partial charge in [-0.05, 0) is 18.2 Å². The molecule has 5 nitrogen and oxygen atoms in total. The van der Waals surface area contributed by atoms with Crippen LogP contribution >= 0.6 is 11.8 Å². The Labute approximate surface area is 160 Å². The molecule has 1 aliphatic heterocycles. The maximum Gasteiger partial charge on any atom is 0.261 e. The van der Waals surface area contributed by atoms with Crippen molar-refractivity contribution in [3.8, 4) is 17.2 Å². The fraction of sp³-hybridized carbons (Fsp3) is 0.316. The predicted molar refractivity (Wildman–Crippen MR) is 98.7 cm³/mol. The average molecular weight is 395 g/mol. The summed E-state index contributed by atoms with van der Waals surface area (Å²) in [7, 11) is 4.53. The van der Waals surface area contributed by atoms with E-state index in [4.69, 9.17) is 14.2 Å². The molecule has 0 radical (unpaired) electrons. The first-order valence-electron chi connectivity index (χ1n) is 8.18. The molecular formula is C19H19F2NO4S. The quantitative estimate of drug-likeness (QED) is 0.769. The number of rotatable bonds is 5. The molecule has 0 saturated carbocycles. The molecule has 1 amide bonds. The van der Waals surface area contributed by atoms with Crippen LogP contribution in [-0.2, 0) is 0 Å². The highest BCUT2D eigenvalue weighted by Gasteiger charge is 2.36. The van der Waals surface area contributed by atoms with Crippen LogP contribution in [0.1, 0.15) is 21.3 Å². The van der Waals surface area contributed by atoms with Crippen LogP contribution in [0.25, 0.3) is 0 Å². The third kappa shape index (κ3) is 3.53. The van der Waals surface area contributed by atoms with Crippen molar-refractivity contribution in [2.24, 2.45) is 0 Å². The molecule has 8 heteroatoms. The summed E-state index contributed by atoms with van der Waals surface area (Å²) < 4.78 is 44.2. The van der Waals surface area contributed by atoms with E-state index in [-0.39, 0.29) is 0 Å². The van der Waals surface area contributed by atoms with E-state index < -0.39 is 28.5 Å². The largest absolute Gasteiger partial charge is 0.496 e. The van der Waals surface area contributed by atoms with E-state index in [1.165, 1.54) is 44.1 Å². The standard InChI is InChI=1S/C19H19F2NO4S/c1-24-14-10-16(26-3)15(25-2)9-11(14)19-22(7-8-27-19)18(23)17-12(20)5-4-6-13(17)21/h4-6,9-10,19H,7-8H2,1-3H3. The van der Waals surface area contributed by atoms with E-state index in [1.54, 1.807) is 12.1 Å². The van der Waals surface area contributed by atoms with Gasteiger partial charge in [-0.15, -0.1) is 11.8 Å². The van der Waals surface area contributed by atoms with Crippen LogP contribution < -0.4 is 14.2 Å². The highest BCUT2D eigenvalue weighted by atomic mass is 32.2. The summed E-state index contributed by atoms with van der Waals surface area (Å²) in [6.45, 7) is 0.361. The van der Waals surface area contributed by atoms with Gasteiger partial charge in [0.15, 0.2) is 11.5 Å². The molecule has 27 heavy (non-hydrogen) atoms. The van der Waals surface area contributed by atoms with Gasteiger partial charge in [0.2, 0.25) is 0 Å². The number of methoxy groups -OCH3 is 3. The Hall–Kier alpha value is -2.48. The molecule has 1 unspecified atom stereocenters. The lowest BCUT2D eigenvalue weighted by Crippen LogP contribution is -2.32. The average Bonchev–Trinajstić information content (AvgIpc) is 3.16. The van der Waals surface area contributed by atoms with Crippen molar-refractivity contribution in [3.05, 3.63) is 53.1 Å². The number of amides is 1. The summed E-state index contributed by atoms with van der Waals surface area (Å²) in [5.74, 6) is -0.366. The minimum absolute atomic E-state index is 0.361. The number of thioether (sulfide) groups is 1. The van der Waals surface area contributed by atoms with Crippen LogP contribution in [-0.4, -0.2) is 44.4 Å². The van der Waals surface area contributed by atoms with E-state index in [9.17, 15) is 13.6 Å². The molecule has 0 aromatic heterocycles. The van der Waals surface area contributed by atoms with Gasteiger partial charge < -0.3 is 19.1 Å². The molecule has 1 fully saturated rings. The summed E-state index contributed by atoms with van der Waals surface area (Å²) in [6, 6.07) is 6.77. The van der Waals surface area contributed by atoms with Crippen LogP contribution in [0.4, 0.5) is 8.78 Å². The molecule has 1 saturated heterocycles. The Morgan fingerprint density at radius 2 is 1.63 bits per heavy atom. The molecule has 0 N–H and O–H groups in total. The zero-order valence-corrected chi connectivity index (χ0v) is 15.9. The first-order chi connectivity index (χ1) is 13.0. The Bertz CT molecular complexity index is 842. The van der Waals surface area contributed by atoms with Crippen LogP contribution in [0.15, 0.2) is 30.3 Å². The number of carbonyl (C=O) groups excluding carboxylic acids is 1. The molecular weight excluding hydrogens is 376 g/mol. The third-order valence-corrected chi connectivity index (χ3v) is 5.57. The van der Waals surface area contributed by atoms with Crippen molar-refractivity contribution in [1.29, 1.82) is 0 Å². The smallest absolute Gasteiger partial charge is 0.261 e. The fourth-order valence-corrected chi connectivity index (χ4v) is 4.30. The van der Waals surface area contributed by atoms with Crippen molar-refractivity contribution >= 4 is 17.7 Å². The molecule has 3 rings (SSSR count). The summed E-state index contributed by atoms with van der Waals surface area (Å²) in [4.78, 5) is 14.3. The molecule has 0 bridgehead atoms. The zero-order chi connectivity index (χ0) is 19.6. The first-order valence-corrected chi connectivity index (χ1v) is 9.23. The molecule has 0 aliphatic carbocycles. The molecule has 0 spiro atoms. The second-order valence-electron chi connectivity index (χ2n) is 5.77. The van der Waals surface area contributed by atoms with Gasteiger partial charge in [0, 0.05) is 23.9 Å². The van der Waals surface area contributed by atoms with E-state index >= 15 is 0 Å². The molecule has 2 aromatic rings. The summed E-state index contributed by atoms with van der Waals surface area (Å²) in [6.07, 6.45) is 0. The van der Waals surface area contributed by atoms with Crippen molar-refractivity contribution in [3.63, 3.8) is 0 Å². The Balaban J connectivity index is 2.03. The van der Waals surface area contributed by atoms with Gasteiger partial charge in [-0.1, -0.05) is 6.07 Å². The number of hydrogen-bond acceptors (Lipinski definition) is 5. The van der Waals surface area contributed by atoms with Crippen molar-refractivity contribution in [1.82, 2.24) is 4.90 Å². The number of nitrogens with zero attached hydrogens (tertiary/aromatic N) is 1. The van der Waals surface area contributed by atoms with Gasteiger partial charge in [-0.25, -0.2) is 8.78 Å². The van der Waals surface area contributed by atoms with E-state index in [1.807, 2.05) is 0 Å². The van der Waals surface area contributed by atoms with Crippen molar-refractivity contribution in [2.45, 2.75) is 5.37 Å². The SMILES string of the molecule is COc1cc(OC)c(C2SCCN2C(=O)c2c(F)cccc2F)cc1OC. The number of benzene rings is 2. The molecule has 1 heterocycles. The number of carbonyl (C=O) groups is 1. The van der Waals surface area contributed by atoms with E-state index in [2.05, 4.69) is 0 Å². The minimum atomic E-state index is -0.880. The number of halogens is 2. The highest BCUT2D eigenvalue weighted by molar-refractivity contribution is 7.99. The highest BCUT2D eigenvalue weighted by Crippen LogP contribution is 2.46. The topological polar surface area (TPSA) is 48.0 Å². The minimum Gasteiger partial charge on any atom is -0.496 e. The molecule has 1 atom stereocenters. The second-order valence-corrected chi connectivity index (χ2v) is 6.96. The predicted octanol–water partition coefficient (Wildman–Crippen LogP) is 3.88. The van der Waals surface area contributed by atoms with Crippen LogP contribution in [0.5, 0.6) is 17.2 Å². The lowest BCUT2D eigenvalue weighted by Gasteiger charge is -2.26. The summed E-state index contributed by atoms with van der Waals surface area (Å²) in [5.41, 5.74) is 0.118. The number of ether oxygens (including phenoxy) is 3. The third-order valence-electron chi connectivity index (χ3n) is 4.33. The fourth-order valence-electron chi connectivity index (χ4n) is 3.03. The zero-order valence-electron chi connectivity index (χ0n) is 15.1. The second kappa shape index (κ2) is 8.04. The molecule has 144 valence electrons. The maximum atomic E-state index is 14.1. The number of hydrogen-bond donors (Lipinski definition) is 0. The van der Waals surface area contributed by atoms with Crippen LogP contribution in [0.3, 0.4) is 0 Å². The van der Waals surface area contributed by atoms with Gasteiger partial charge in [-0.2, -0.15) is 0 Å². The monoisotopic (exact) mass is 395 g/mol. The van der Waals surface area contributed by atoms with Gasteiger partial charge in [0.1, 0.15) is 28.3 Å². The molecule has 2 aromatic carbocycles. The van der Waals surface area contributed by atoms with Gasteiger partial charge in [0.25, 0.3) is 5.91 Å². The van der Waals surface area contributed by atoms with Crippen molar-refractivity contribution in [2.75, 3.05) is 33.6 Å². The summed E-state index contributed by atoms with van der Waals surface area (Å²) in [5, 5.41) is -0.466. The lowest BCUT2D eigenvalue weighted by atomic mass is 10.1. The Morgan fingerprint density at radius 1 is 1.04 bits per heavy atom. The van der Waals surface area contributed by atoms with Crippen LogP contribution in [0, 0.1) is 11.6 Å². The van der Waals surface area contributed by atoms with E-state index in [0.29, 0.717) is 35.1 Å². The Kier molecular flexibility index (Phi) is 5.74. The van der Waals surface area contributed by atoms with Gasteiger partial charge in [0.05, 0.1) is 21.3 Å².